The SMILES string of the molecule is Cc1cn(C(C)C)c(NC(C)CS(C)(=O)=O)n1. The van der Waals surface area contributed by atoms with E-state index in [1.165, 1.54) is 6.26 Å². The first-order chi connectivity index (χ1) is 7.69. The number of aromatic nitrogens is 2. The van der Waals surface area contributed by atoms with Crippen molar-refractivity contribution >= 4 is 15.8 Å². The molecule has 0 aliphatic rings. The van der Waals surface area contributed by atoms with E-state index in [1.807, 2.05) is 24.6 Å². The zero-order valence-corrected chi connectivity index (χ0v) is 11.9. The van der Waals surface area contributed by atoms with Gasteiger partial charge in [0.15, 0.2) is 0 Å². The molecule has 1 heterocycles. The summed E-state index contributed by atoms with van der Waals surface area (Å²) >= 11 is 0. The average molecular weight is 259 g/mol. The van der Waals surface area contributed by atoms with E-state index in [0.29, 0.717) is 6.04 Å². The predicted octanol–water partition coefficient (Wildman–Crippen LogP) is 1.62. The Morgan fingerprint density at radius 3 is 2.47 bits per heavy atom. The zero-order valence-electron chi connectivity index (χ0n) is 11.1. The van der Waals surface area contributed by atoms with E-state index in [4.69, 9.17) is 0 Å². The van der Waals surface area contributed by atoms with Gasteiger partial charge in [0.1, 0.15) is 9.84 Å². The third-order valence-electron chi connectivity index (χ3n) is 2.34. The molecule has 1 aromatic heterocycles. The van der Waals surface area contributed by atoms with Gasteiger partial charge in [-0.15, -0.1) is 0 Å². The van der Waals surface area contributed by atoms with Gasteiger partial charge in [-0.3, -0.25) is 0 Å². The minimum Gasteiger partial charge on any atom is -0.352 e. The molecule has 0 aliphatic carbocycles. The molecule has 0 radical (unpaired) electrons. The number of rotatable bonds is 5. The Bertz CT molecular complexity index is 477. The molecule has 6 heteroatoms. The first-order valence-electron chi connectivity index (χ1n) is 5.69. The molecule has 1 N–H and O–H groups in total. The van der Waals surface area contributed by atoms with Crippen LogP contribution < -0.4 is 5.32 Å². The lowest BCUT2D eigenvalue weighted by Gasteiger charge is -2.17. The Morgan fingerprint density at radius 1 is 1.41 bits per heavy atom. The van der Waals surface area contributed by atoms with Crippen molar-refractivity contribution in [2.24, 2.45) is 0 Å². The standard InChI is InChI=1S/C11H21N3O2S/c1-8(2)14-6-9(3)12-11(14)13-10(4)7-17(5,15)16/h6,8,10H,7H2,1-5H3,(H,12,13). The van der Waals surface area contributed by atoms with E-state index in [-0.39, 0.29) is 11.8 Å². The van der Waals surface area contributed by atoms with Gasteiger partial charge in [0.2, 0.25) is 5.95 Å². The predicted molar refractivity (Wildman–Crippen MR) is 70.1 cm³/mol. The third kappa shape index (κ3) is 4.38. The molecule has 0 bridgehead atoms. The van der Waals surface area contributed by atoms with Crippen molar-refractivity contribution in [2.45, 2.75) is 39.8 Å². The summed E-state index contributed by atoms with van der Waals surface area (Å²) in [6.07, 6.45) is 3.20. The Kier molecular flexibility index (Phi) is 4.19. The molecule has 17 heavy (non-hydrogen) atoms. The molecule has 0 aliphatic heterocycles. The highest BCUT2D eigenvalue weighted by atomic mass is 32.2. The van der Waals surface area contributed by atoms with Gasteiger partial charge in [-0.1, -0.05) is 0 Å². The second kappa shape index (κ2) is 5.08. The average Bonchev–Trinajstić information content (AvgIpc) is 2.42. The van der Waals surface area contributed by atoms with Crippen molar-refractivity contribution in [3.8, 4) is 0 Å². The summed E-state index contributed by atoms with van der Waals surface area (Å²) in [4.78, 5) is 4.36. The van der Waals surface area contributed by atoms with Crippen LogP contribution in [0.25, 0.3) is 0 Å². The van der Waals surface area contributed by atoms with Crippen LogP contribution in [0.2, 0.25) is 0 Å². The summed E-state index contributed by atoms with van der Waals surface area (Å²) in [5, 5.41) is 3.14. The maximum Gasteiger partial charge on any atom is 0.203 e. The van der Waals surface area contributed by atoms with E-state index in [9.17, 15) is 8.42 Å². The Hall–Kier alpha value is -1.04. The van der Waals surface area contributed by atoms with Crippen LogP contribution >= 0.6 is 0 Å². The number of imidazole rings is 1. The number of sulfone groups is 1. The number of hydrogen-bond donors (Lipinski definition) is 1. The van der Waals surface area contributed by atoms with Gasteiger partial charge in [0, 0.05) is 24.5 Å². The molecule has 1 rings (SSSR count). The molecule has 1 atom stereocenters. The highest BCUT2D eigenvalue weighted by molar-refractivity contribution is 7.90. The zero-order chi connectivity index (χ0) is 13.2. The van der Waals surface area contributed by atoms with Crippen molar-refractivity contribution in [1.29, 1.82) is 0 Å². The van der Waals surface area contributed by atoms with Crippen LogP contribution in [0.3, 0.4) is 0 Å². The molecular weight excluding hydrogens is 238 g/mol. The number of nitrogens with zero attached hydrogens (tertiary/aromatic N) is 2. The van der Waals surface area contributed by atoms with E-state index in [0.717, 1.165) is 11.6 Å². The number of hydrogen-bond acceptors (Lipinski definition) is 4. The first kappa shape index (κ1) is 14.0. The van der Waals surface area contributed by atoms with Crippen molar-refractivity contribution in [1.82, 2.24) is 9.55 Å². The van der Waals surface area contributed by atoms with Gasteiger partial charge >= 0.3 is 0 Å². The minimum atomic E-state index is -2.97. The molecular formula is C11H21N3O2S. The number of anilines is 1. The van der Waals surface area contributed by atoms with Crippen LogP contribution in [0.15, 0.2) is 6.20 Å². The quantitative estimate of drug-likeness (QED) is 0.872. The first-order valence-corrected chi connectivity index (χ1v) is 7.75. The van der Waals surface area contributed by atoms with Crippen LogP contribution in [-0.2, 0) is 9.84 Å². The van der Waals surface area contributed by atoms with Crippen LogP contribution in [0, 0.1) is 6.92 Å². The fourth-order valence-corrected chi connectivity index (χ4v) is 2.72. The van der Waals surface area contributed by atoms with Gasteiger partial charge in [0.05, 0.1) is 11.4 Å². The van der Waals surface area contributed by atoms with E-state index >= 15 is 0 Å². The second-order valence-corrected chi connectivity index (χ2v) is 7.03. The molecule has 0 saturated heterocycles. The molecule has 0 amide bonds. The molecule has 1 aromatic rings. The molecule has 98 valence electrons. The Balaban J connectivity index is 2.81. The highest BCUT2D eigenvalue weighted by Crippen LogP contribution is 2.16. The fraction of sp³-hybridized carbons (Fsp3) is 0.727. The van der Waals surface area contributed by atoms with Crippen LogP contribution in [0.1, 0.15) is 32.5 Å². The lowest BCUT2D eigenvalue weighted by atomic mass is 10.4. The normalized spacial score (nSPS) is 14.0. The Labute approximate surface area is 103 Å². The highest BCUT2D eigenvalue weighted by Gasteiger charge is 2.14. The molecule has 0 aromatic carbocycles. The van der Waals surface area contributed by atoms with E-state index < -0.39 is 9.84 Å². The summed E-state index contributed by atoms with van der Waals surface area (Å²) in [6.45, 7) is 7.89. The maximum atomic E-state index is 11.2. The lowest BCUT2D eigenvalue weighted by Crippen LogP contribution is -2.26. The van der Waals surface area contributed by atoms with Crippen LogP contribution in [0.5, 0.6) is 0 Å². The number of nitrogens with one attached hydrogen (secondary N) is 1. The van der Waals surface area contributed by atoms with Crippen LogP contribution in [-0.4, -0.2) is 36.0 Å². The summed E-state index contributed by atoms with van der Waals surface area (Å²) in [6, 6.07) is 0.147. The molecule has 0 spiro atoms. The monoisotopic (exact) mass is 259 g/mol. The summed E-state index contributed by atoms with van der Waals surface area (Å²) in [7, 11) is -2.97. The molecule has 1 unspecified atom stereocenters. The summed E-state index contributed by atoms with van der Waals surface area (Å²) in [5.41, 5.74) is 0.924. The van der Waals surface area contributed by atoms with Crippen LogP contribution in [0.4, 0.5) is 5.95 Å². The summed E-state index contributed by atoms with van der Waals surface area (Å²) in [5.74, 6) is 0.838. The van der Waals surface area contributed by atoms with Crippen molar-refractivity contribution in [3.05, 3.63) is 11.9 Å². The maximum absolute atomic E-state index is 11.2. The van der Waals surface area contributed by atoms with Crippen molar-refractivity contribution < 1.29 is 8.42 Å². The summed E-state index contributed by atoms with van der Waals surface area (Å²) < 4.78 is 24.4. The fourth-order valence-electron chi connectivity index (χ4n) is 1.73. The topological polar surface area (TPSA) is 64.0 Å². The minimum absolute atomic E-state index is 0.108. The third-order valence-corrected chi connectivity index (χ3v) is 3.44. The molecule has 0 fully saturated rings. The largest absolute Gasteiger partial charge is 0.352 e. The molecule has 5 nitrogen and oxygen atoms in total. The van der Waals surface area contributed by atoms with Crippen molar-refractivity contribution in [2.75, 3.05) is 17.3 Å². The second-order valence-electron chi connectivity index (χ2n) is 4.84. The lowest BCUT2D eigenvalue weighted by molar-refractivity contribution is 0.591. The van der Waals surface area contributed by atoms with Gasteiger partial charge in [0.25, 0.3) is 0 Å². The Morgan fingerprint density at radius 2 is 2.00 bits per heavy atom. The number of aryl methyl sites for hydroxylation is 1. The van der Waals surface area contributed by atoms with Gasteiger partial charge in [-0.05, 0) is 27.7 Å². The van der Waals surface area contributed by atoms with E-state index in [2.05, 4.69) is 24.1 Å². The van der Waals surface area contributed by atoms with Crippen molar-refractivity contribution in [3.63, 3.8) is 0 Å². The van der Waals surface area contributed by atoms with E-state index in [1.54, 1.807) is 0 Å². The van der Waals surface area contributed by atoms with Gasteiger partial charge in [-0.25, -0.2) is 13.4 Å². The molecule has 0 saturated carbocycles. The van der Waals surface area contributed by atoms with Gasteiger partial charge < -0.3 is 9.88 Å². The van der Waals surface area contributed by atoms with Gasteiger partial charge in [-0.2, -0.15) is 0 Å². The smallest absolute Gasteiger partial charge is 0.203 e.